The summed E-state index contributed by atoms with van der Waals surface area (Å²) >= 11 is 0. The molecule has 0 amide bonds. The SMILES string of the molecule is Cc1ccc(F)cc1-c1nc(NS(=O)(=O)c2cccc(N3CCN(C4(C(=O)O)CC4)CC3)n2)ccc1C(F)(F)F. The summed E-state index contributed by atoms with van der Waals surface area (Å²) in [6.45, 7) is 3.32. The highest BCUT2D eigenvalue weighted by atomic mass is 32.2. The number of aromatic nitrogens is 2. The predicted octanol–water partition coefficient (Wildman–Crippen LogP) is 4.15. The van der Waals surface area contributed by atoms with Crippen molar-refractivity contribution in [3.8, 4) is 11.3 Å². The Morgan fingerprint density at radius 2 is 1.73 bits per heavy atom. The first-order valence-electron chi connectivity index (χ1n) is 12.4. The van der Waals surface area contributed by atoms with Crippen LogP contribution in [0.3, 0.4) is 0 Å². The van der Waals surface area contributed by atoms with Crippen LogP contribution >= 0.6 is 0 Å². The van der Waals surface area contributed by atoms with Crippen LogP contribution in [-0.4, -0.2) is 66.1 Å². The van der Waals surface area contributed by atoms with Gasteiger partial charge in [-0.25, -0.2) is 14.4 Å². The highest BCUT2D eigenvalue weighted by Crippen LogP contribution is 2.42. The second-order valence-corrected chi connectivity index (χ2v) is 11.4. The molecule has 2 aliphatic rings. The standard InChI is InChI=1S/C26H25F4N5O4S/c1-16-5-6-17(27)15-18(16)23-19(26(28,29)30)7-8-20(31-23)33-40(38,39)22-4-2-3-21(32-22)34-11-13-35(14-12-34)25(9-10-25)24(36)37/h2-8,15H,9-14H2,1H3,(H,31,33)(H,36,37). The number of nitrogens with zero attached hydrogens (tertiary/aromatic N) is 4. The van der Waals surface area contributed by atoms with Crippen LogP contribution in [0.25, 0.3) is 11.3 Å². The molecule has 0 radical (unpaired) electrons. The zero-order valence-corrected chi connectivity index (χ0v) is 22.1. The lowest BCUT2D eigenvalue weighted by atomic mass is 10.0. The molecule has 5 rings (SSSR count). The highest BCUT2D eigenvalue weighted by molar-refractivity contribution is 7.92. The van der Waals surface area contributed by atoms with E-state index in [9.17, 15) is 35.9 Å². The molecule has 1 aliphatic heterocycles. The molecule has 1 saturated heterocycles. The zero-order valence-electron chi connectivity index (χ0n) is 21.2. The maximum atomic E-state index is 13.9. The van der Waals surface area contributed by atoms with Crippen LogP contribution in [0.4, 0.5) is 29.2 Å². The number of halogens is 4. The summed E-state index contributed by atoms with van der Waals surface area (Å²) in [5, 5.41) is 9.16. The molecule has 3 aromatic rings. The van der Waals surface area contributed by atoms with E-state index in [-0.39, 0.29) is 10.6 Å². The Morgan fingerprint density at radius 3 is 2.35 bits per heavy atom. The number of sulfonamides is 1. The number of aliphatic carboxylic acids is 1. The molecule has 9 nitrogen and oxygen atoms in total. The van der Waals surface area contributed by atoms with E-state index in [2.05, 4.69) is 14.7 Å². The minimum absolute atomic E-state index is 0.122. The first-order chi connectivity index (χ1) is 18.8. The number of nitrogens with one attached hydrogen (secondary N) is 1. The number of anilines is 2. The van der Waals surface area contributed by atoms with Crippen LogP contribution in [0, 0.1) is 12.7 Å². The van der Waals surface area contributed by atoms with Crippen molar-refractivity contribution in [2.24, 2.45) is 0 Å². The summed E-state index contributed by atoms with van der Waals surface area (Å²) in [5.41, 5.74) is -2.36. The fraction of sp³-hybridized carbons (Fsp3) is 0.346. The van der Waals surface area contributed by atoms with Crippen LogP contribution in [0.2, 0.25) is 0 Å². The number of carbonyl (C=O) groups is 1. The molecule has 3 heterocycles. The van der Waals surface area contributed by atoms with Crippen molar-refractivity contribution in [2.75, 3.05) is 35.8 Å². The van der Waals surface area contributed by atoms with Crippen LogP contribution in [0.5, 0.6) is 0 Å². The van der Waals surface area contributed by atoms with E-state index in [1.807, 2.05) is 9.80 Å². The van der Waals surface area contributed by atoms with E-state index in [4.69, 9.17) is 0 Å². The van der Waals surface area contributed by atoms with Gasteiger partial charge in [-0.15, -0.1) is 0 Å². The van der Waals surface area contributed by atoms with E-state index < -0.39 is 50.6 Å². The smallest absolute Gasteiger partial charge is 0.418 e. The second kappa shape index (κ2) is 10.0. The third kappa shape index (κ3) is 5.32. The monoisotopic (exact) mass is 579 g/mol. The van der Waals surface area contributed by atoms with Crippen molar-refractivity contribution >= 4 is 27.6 Å². The van der Waals surface area contributed by atoms with Crippen LogP contribution < -0.4 is 9.62 Å². The summed E-state index contributed by atoms with van der Waals surface area (Å²) < 4.78 is 83.6. The van der Waals surface area contributed by atoms with Gasteiger partial charge < -0.3 is 10.0 Å². The number of piperazine rings is 1. The van der Waals surface area contributed by atoms with E-state index in [1.54, 1.807) is 6.07 Å². The molecule has 2 aromatic heterocycles. The summed E-state index contributed by atoms with van der Waals surface area (Å²) in [6, 6.07) is 9.27. The van der Waals surface area contributed by atoms with Gasteiger partial charge in [0.25, 0.3) is 10.0 Å². The van der Waals surface area contributed by atoms with Crippen molar-refractivity contribution in [3.05, 3.63) is 65.5 Å². The summed E-state index contributed by atoms with van der Waals surface area (Å²) in [4.78, 5) is 23.5. The lowest BCUT2D eigenvalue weighted by molar-refractivity contribution is -0.145. The van der Waals surface area contributed by atoms with Gasteiger partial charge in [0.2, 0.25) is 0 Å². The number of alkyl halides is 3. The predicted molar refractivity (Wildman–Crippen MR) is 138 cm³/mol. The summed E-state index contributed by atoms with van der Waals surface area (Å²) in [6.07, 6.45) is -3.63. The van der Waals surface area contributed by atoms with Crippen LogP contribution in [-0.2, 0) is 21.0 Å². The molecule has 0 atom stereocenters. The fourth-order valence-electron chi connectivity index (χ4n) is 4.87. The summed E-state index contributed by atoms with van der Waals surface area (Å²) in [7, 11) is -4.37. The quantitative estimate of drug-likeness (QED) is 0.402. The van der Waals surface area contributed by atoms with Gasteiger partial charge in [0, 0.05) is 31.7 Å². The Kier molecular flexibility index (Phi) is 6.94. The minimum atomic E-state index is -4.82. The van der Waals surface area contributed by atoms with Gasteiger partial charge in [-0.2, -0.15) is 21.6 Å². The molecular weight excluding hydrogens is 554 g/mol. The third-order valence-electron chi connectivity index (χ3n) is 7.21. The molecule has 40 heavy (non-hydrogen) atoms. The van der Waals surface area contributed by atoms with Crippen LogP contribution in [0.15, 0.2) is 53.6 Å². The average molecular weight is 580 g/mol. The average Bonchev–Trinajstić information content (AvgIpc) is 3.72. The van der Waals surface area contributed by atoms with Crippen molar-refractivity contribution < 1.29 is 35.9 Å². The first-order valence-corrected chi connectivity index (χ1v) is 13.9. The minimum Gasteiger partial charge on any atom is -0.480 e. The number of aryl methyl sites for hydroxylation is 1. The Hall–Kier alpha value is -3.78. The Balaban J connectivity index is 1.39. The fourth-order valence-corrected chi connectivity index (χ4v) is 5.83. The Morgan fingerprint density at radius 1 is 1.02 bits per heavy atom. The number of benzene rings is 1. The lowest BCUT2D eigenvalue weighted by Crippen LogP contribution is -2.54. The molecular formula is C26H25F4N5O4S. The Bertz CT molecular complexity index is 1570. The summed E-state index contributed by atoms with van der Waals surface area (Å²) in [5.74, 6) is -1.64. The molecule has 1 saturated carbocycles. The van der Waals surface area contributed by atoms with E-state index in [0.717, 1.165) is 18.2 Å². The molecule has 2 N–H and O–H groups in total. The second-order valence-electron chi connectivity index (χ2n) is 9.80. The number of pyridine rings is 2. The van der Waals surface area contributed by atoms with Crippen molar-refractivity contribution in [3.63, 3.8) is 0 Å². The van der Waals surface area contributed by atoms with Gasteiger partial charge in [-0.05, 0) is 61.7 Å². The maximum Gasteiger partial charge on any atom is 0.418 e. The zero-order chi connectivity index (χ0) is 28.9. The molecule has 14 heteroatoms. The van der Waals surface area contributed by atoms with Gasteiger partial charge >= 0.3 is 12.1 Å². The van der Waals surface area contributed by atoms with Crippen molar-refractivity contribution in [1.29, 1.82) is 0 Å². The number of carboxylic acid groups (broad SMARTS) is 1. The molecule has 1 aromatic carbocycles. The van der Waals surface area contributed by atoms with Gasteiger partial charge in [0.1, 0.15) is 23.0 Å². The third-order valence-corrected chi connectivity index (χ3v) is 8.47. The molecule has 0 spiro atoms. The first kappa shape index (κ1) is 27.8. The molecule has 2 fully saturated rings. The number of carboxylic acids is 1. The normalized spacial score (nSPS) is 17.5. The van der Waals surface area contributed by atoms with E-state index in [0.29, 0.717) is 56.5 Å². The van der Waals surface area contributed by atoms with E-state index in [1.165, 1.54) is 25.1 Å². The van der Waals surface area contributed by atoms with Gasteiger partial charge in [-0.3, -0.25) is 14.4 Å². The van der Waals surface area contributed by atoms with Gasteiger partial charge in [-0.1, -0.05) is 12.1 Å². The maximum absolute atomic E-state index is 13.9. The molecule has 0 bridgehead atoms. The highest BCUT2D eigenvalue weighted by Gasteiger charge is 2.55. The molecule has 212 valence electrons. The van der Waals surface area contributed by atoms with Gasteiger partial charge in [0.15, 0.2) is 5.03 Å². The lowest BCUT2D eigenvalue weighted by Gasteiger charge is -2.38. The van der Waals surface area contributed by atoms with Crippen LogP contribution in [0.1, 0.15) is 24.0 Å². The number of hydrogen-bond donors (Lipinski definition) is 2. The number of rotatable bonds is 7. The topological polar surface area (TPSA) is 116 Å². The van der Waals surface area contributed by atoms with Crippen molar-refractivity contribution in [2.45, 2.75) is 36.5 Å². The Labute approximate surface area is 227 Å². The molecule has 1 aliphatic carbocycles. The van der Waals surface area contributed by atoms with Crippen molar-refractivity contribution in [1.82, 2.24) is 14.9 Å². The van der Waals surface area contributed by atoms with Gasteiger partial charge in [0.05, 0.1) is 11.3 Å². The number of hydrogen-bond acceptors (Lipinski definition) is 7. The van der Waals surface area contributed by atoms with E-state index >= 15 is 0 Å². The largest absolute Gasteiger partial charge is 0.480 e. The molecule has 0 unspecified atom stereocenters.